The second kappa shape index (κ2) is 9.32. The van der Waals surface area contributed by atoms with Gasteiger partial charge in [-0.3, -0.25) is 4.79 Å². The lowest BCUT2D eigenvalue weighted by atomic mass is 9.89. The third-order valence-corrected chi connectivity index (χ3v) is 3.79. The summed E-state index contributed by atoms with van der Waals surface area (Å²) in [5.74, 6) is 0.508. The van der Waals surface area contributed by atoms with Crippen molar-refractivity contribution in [1.29, 1.82) is 0 Å². The molecule has 0 aromatic carbocycles. The summed E-state index contributed by atoms with van der Waals surface area (Å²) in [6.07, 6.45) is 4.27. The molecule has 1 rings (SSSR count). The summed E-state index contributed by atoms with van der Waals surface area (Å²) in [5, 5.41) is 12.8. The first-order valence-electron chi connectivity index (χ1n) is 7.72. The van der Waals surface area contributed by atoms with Crippen LogP contribution in [0.15, 0.2) is 0 Å². The highest BCUT2D eigenvalue weighted by molar-refractivity contribution is 5.75. The summed E-state index contributed by atoms with van der Waals surface area (Å²) in [6, 6.07) is -0.403. The SMILES string of the molecule is CCOC(=O)C(C)NCC(O)COC1CCC(C)CC1. The first-order chi connectivity index (χ1) is 9.52. The molecule has 0 spiro atoms. The largest absolute Gasteiger partial charge is 0.465 e. The summed E-state index contributed by atoms with van der Waals surface area (Å²) < 4.78 is 10.6. The second-order valence-corrected chi connectivity index (χ2v) is 5.75. The van der Waals surface area contributed by atoms with Gasteiger partial charge in [-0.15, -0.1) is 0 Å². The number of rotatable bonds is 8. The number of esters is 1. The highest BCUT2D eigenvalue weighted by Crippen LogP contribution is 2.25. The standard InChI is InChI=1S/C15H29NO4/c1-4-19-15(18)12(3)16-9-13(17)10-20-14-7-5-11(2)6-8-14/h11-14,16-17H,4-10H2,1-3H3. The highest BCUT2D eigenvalue weighted by Gasteiger charge is 2.20. The lowest BCUT2D eigenvalue weighted by Gasteiger charge is -2.27. The van der Waals surface area contributed by atoms with Crippen LogP contribution >= 0.6 is 0 Å². The zero-order valence-electron chi connectivity index (χ0n) is 12.9. The van der Waals surface area contributed by atoms with Gasteiger partial charge in [0, 0.05) is 6.54 Å². The third kappa shape index (κ3) is 6.68. The zero-order chi connectivity index (χ0) is 15.0. The lowest BCUT2D eigenvalue weighted by molar-refractivity contribution is -0.145. The summed E-state index contributed by atoms with van der Waals surface area (Å²) >= 11 is 0. The lowest BCUT2D eigenvalue weighted by Crippen LogP contribution is -2.41. The Labute approximate surface area is 122 Å². The van der Waals surface area contributed by atoms with Crippen molar-refractivity contribution in [2.24, 2.45) is 5.92 Å². The highest BCUT2D eigenvalue weighted by atomic mass is 16.5. The van der Waals surface area contributed by atoms with E-state index in [-0.39, 0.29) is 12.1 Å². The van der Waals surface area contributed by atoms with Crippen molar-refractivity contribution in [2.75, 3.05) is 19.8 Å². The molecule has 1 saturated carbocycles. The maximum atomic E-state index is 11.4. The monoisotopic (exact) mass is 287 g/mol. The molecule has 2 unspecified atom stereocenters. The molecule has 2 atom stereocenters. The Bertz CT molecular complexity index is 277. The van der Waals surface area contributed by atoms with E-state index in [9.17, 15) is 9.90 Å². The van der Waals surface area contributed by atoms with E-state index in [0.717, 1.165) is 18.8 Å². The van der Waals surface area contributed by atoms with Crippen LogP contribution in [0.5, 0.6) is 0 Å². The van der Waals surface area contributed by atoms with Gasteiger partial charge in [0.25, 0.3) is 0 Å². The number of carbonyl (C=O) groups excluding carboxylic acids is 1. The van der Waals surface area contributed by atoms with E-state index in [2.05, 4.69) is 12.2 Å². The van der Waals surface area contributed by atoms with Crippen LogP contribution in [-0.2, 0) is 14.3 Å². The van der Waals surface area contributed by atoms with Crippen LogP contribution in [0, 0.1) is 5.92 Å². The van der Waals surface area contributed by atoms with Gasteiger partial charge in [0.15, 0.2) is 0 Å². The maximum Gasteiger partial charge on any atom is 0.322 e. The first kappa shape index (κ1) is 17.4. The Hall–Kier alpha value is -0.650. The average Bonchev–Trinajstić information content (AvgIpc) is 2.44. The van der Waals surface area contributed by atoms with Gasteiger partial charge in [-0.05, 0) is 45.4 Å². The zero-order valence-corrected chi connectivity index (χ0v) is 12.9. The smallest absolute Gasteiger partial charge is 0.322 e. The molecule has 118 valence electrons. The summed E-state index contributed by atoms with van der Waals surface area (Å²) in [6.45, 7) is 6.81. The molecule has 1 aliphatic rings. The van der Waals surface area contributed by atoms with Gasteiger partial charge in [-0.1, -0.05) is 6.92 Å². The van der Waals surface area contributed by atoms with Gasteiger partial charge in [-0.25, -0.2) is 0 Å². The molecule has 1 fully saturated rings. The summed E-state index contributed by atoms with van der Waals surface area (Å²) in [4.78, 5) is 11.4. The van der Waals surface area contributed by atoms with Crippen LogP contribution in [0.2, 0.25) is 0 Å². The summed E-state index contributed by atoms with van der Waals surface area (Å²) in [5.41, 5.74) is 0. The van der Waals surface area contributed by atoms with Crippen LogP contribution in [0.4, 0.5) is 0 Å². The predicted molar refractivity (Wildman–Crippen MR) is 77.5 cm³/mol. The average molecular weight is 287 g/mol. The number of hydrogen-bond acceptors (Lipinski definition) is 5. The second-order valence-electron chi connectivity index (χ2n) is 5.75. The molecule has 0 bridgehead atoms. The number of aliphatic hydroxyl groups is 1. The van der Waals surface area contributed by atoms with Gasteiger partial charge in [-0.2, -0.15) is 0 Å². The van der Waals surface area contributed by atoms with Crippen molar-refractivity contribution in [3.8, 4) is 0 Å². The number of carbonyl (C=O) groups is 1. The van der Waals surface area contributed by atoms with Crippen molar-refractivity contribution < 1.29 is 19.4 Å². The Balaban J connectivity index is 2.11. The predicted octanol–water partition coefficient (Wildman–Crippen LogP) is 1.48. The molecular formula is C15H29NO4. The van der Waals surface area contributed by atoms with Crippen molar-refractivity contribution in [3.63, 3.8) is 0 Å². The Morgan fingerprint density at radius 1 is 1.35 bits per heavy atom. The van der Waals surface area contributed by atoms with Gasteiger partial charge >= 0.3 is 5.97 Å². The fraction of sp³-hybridized carbons (Fsp3) is 0.933. The van der Waals surface area contributed by atoms with Crippen molar-refractivity contribution >= 4 is 5.97 Å². The fourth-order valence-electron chi connectivity index (χ4n) is 2.37. The minimum Gasteiger partial charge on any atom is -0.465 e. The molecule has 0 aromatic rings. The van der Waals surface area contributed by atoms with E-state index in [1.165, 1.54) is 12.8 Å². The van der Waals surface area contributed by atoms with Gasteiger partial charge < -0.3 is 19.9 Å². The molecule has 5 heteroatoms. The van der Waals surface area contributed by atoms with E-state index in [1.54, 1.807) is 13.8 Å². The van der Waals surface area contributed by atoms with Gasteiger partial charge in [0.1, 0.15) is 6.04 Å². The van der Waals surface area contributed by atoms with Crippen molar-refractivity contribution in [2.45, 2.75) is 64.7 Å². The molecule has 0 heterocycles. The minimum absolute atomic E-state index is 0.281. The molecule has 0 aromatic heterocycles. The third-order valence-electron chi connectivity index (χ3n) is 3.79. The van der Waals surface area contributed by atoms with Crippen LogP contribution in [-0.4, -0.2) is 49.1 Å². The minimum atomic E-state index is -0.591. The number of ether oxygens (including phenoxy) is 2. The molecule has 0 radical (unpaired) electrons. The van der Waals surface area contributed by atoms with Gasteiger partial charge in [0.05, 0.1) is 25.4 Å². The van der Waals surface area contributed by atoms with E-state index in [4.69, 9.17) is 9.47 Å². The number of aliphatic hydroxyl groups excluding tert-OH is 1. The normalized spacial score (nSPS) is 26.0. The number of nitrogens with one attached hydrogen (secondary N) is 1. The van der Waals surface area contributed by atoms with Crippen molar-refractivity contribution in [3.05, 3.63) is 0 Å². The molecule has 0 aliphatic heterocycles. The van der Waals surface area contributed by atoms with E-state index in [0.29, 0.717) is 19.8 Å². The first-order valence-corrected chi connectivity index (χ1v) is 7.72. The van der Waals surface area contributed by atoms with Gasteiger partial charge in [0.2, 0.25) is 0 Å². The molecule has 2 N–H and O–H groups in total. The van der Waals surface area contributed by atoms with E-state index in [1.807, 2.05) is 0 Å². The van der Waals surface area contributed by atoms with Crippen LogP contribution in [0.25, 0.3) is 0 Å². The van der Waals surface area contributed by atoms with Crippen molar-refractivity contribution in [1.82, 2.24) is 5.32 Å². The molecule has 0 amide bonds. The molecular weight excluding hydrogens is 258 g/mol. The number of hydrogen-bond donors (Lipinski definition) is 2. The van der Waals surface area contributed by atoms with Crippen LogP contribution in [0.3, 0.4) is 0 Å². The Morgan fingerprint density at radius 3 is 2.60 bits per heavy atom. The van der Waals surface area contributed by atoms with E-state index >= 15 is 0 Å². The Kier molecular flexibility index (Phi) is 8.11. The Morgan fingerprint density at radius 2 is 2.00 bits per heavy atom. The maximum absolute atomic E-state index is 11.4. The molecule has 0 saturated heterocycles. The fourth-order valence-corrected chi connectivity index (χ4v) is 2.37. The summed E-state index contributed by atoms with van der Waals surface area (Å²) in [7, 11) is 0. The molecule has 1 aliphatic carbocycles. The molecule has 20 heavy (non-hydrogen) atoms. The van der Waals surface area contributed by atoms with Crippen LogP contribution in [0.1, 0.15) is 46.5 Å². The molecule has 5 nitrogen and oxygen atoms in total. The quantitative estimate of drug-likeness (QED) is 0.662. The van der Waals surface area contributed by atoms with Crippen LogP contribution < -0.4 is 5.32 Å². The van der Waals surface area contributed by atoms with E-state index < -0.39 is 12.1 Å². The topological polar surface area (TPSA) is 67.8 Å².